The van der Waals surface area contributed by atoms with Crippen molar-refractivity contribution < 1.29 is 8.78 Å². The highest BCUT2D eigenvalue weighted by Crippen LogP contribution is 2.38. The van der Waals surface area contributed by atoms with Gasteiger partial charge >= 0.3 is 0 Å². The molecule has 0 unspecified atom stereocenters. The van der Waals surface area contributed by atoms with E-state index in [9.17, 15) is 8.78 Å². The number of nitrogens with one attached hydrogen (secondary N) is 1. The molecule has 4 aromatic rings. The van der Waals surface area contributed by atoms with Crippen molar-refractivity contribution in [3.05, 3.63) is 78.6 Å². The normalized spacial score (nSPS) is 11.1. The van der Waals surface area contributed by atoms with Crippen molar-refractivity contribution in [2.75, 3.05) is 0 Å². The van der Waals surface area contributed by atoms with E-state index >= 15 is 0 Å². The molecule has 0 aliphatic carbocycles. The molecule has 0 amide bonds. The van der Waals surface area contributed by atoms with Crippen molar-refractivity contribution in [1.82, 2.24) is 9.97 Å². The minimum Gasteiger partial charge on any atom is -0.345 e. The first kappa shape index (κ1) is 14.9. The van der Waals surface area contributed by atoms with Gasteiger partial charge < -0.3 is 4.98 Å². The molecule has 4 rings (SSSR count). The number of hydrogen-bond donors (Lipinski definition) is 1. The number of nitrogens with zero attached hydrogens (tertiary/aromatic N) is 1. The van der Waals surface area contributed by atoms with Crippen LogP contribution in [-0.4, -0.2) is 9.97 Å². The Balaban J connectivity index is 1.88. The maximum atomic E-state index is 13.6. The van der Waals surface area contributed by atoms with Crippen molar-refractivity contribution in [1.29, 1.82) is 0 Å². The monoisotopic (exact) mass is 338 g/mol. The maximum Gasteiger partial charge on any atom is 0.139 e. The van der Waals surface area contributed by atoms with Gasteiger partial charge in [-0.15, -0.1) is 0 Å². The van der Waals surface area contributed by atoms with E-state index in [0.29, 0.717) is 11.2 Å². The molecule has 0 bridgehead atoms. The number of aromatic nitrogens is 2. The fraction of sp³-hybridized carbons (Fsp3) is 0. The number of fused-ring (bicyclic) bond motifs is 1. The molecule has 0 radical (unpaired) electrons. The predicted octanol–water partition coefficient (Wildman–Crippen LogP) is 5.66. The molecule has 2 aromatic carbocycles. The van der Waals surface area contributed by atoms with E-state index in [4.69, 9.17) is 0 Å². The van der Waals surface area contributed by atoms with Gasteiger partial charge in [0.15, 0.2) is 0 Å². The maximum absolute atomic E-state index is 13.6. The first-order chi connectivity index (χ1) is 11.7. The molecule has 0 spiro atoms. The van der Waals surface area contributed by atoms with Crippen LogP contribution in [0.3, 0.4) is 0 Å². The minimum atomic E-state index is -0.595. The van der Waals surface area contributed by atoms with Crippen LogP contribution in [0.15, 0.2) is 76.8 Å². The fourth-order valence-corrected chi connectivity index (χ4v) is 3.65. The Morgan fingerprint density at radius 3 is 2.42 bits per heavy atom. The zero-order valence-corrected chi connectivity index (χ0v) is 13.3. The molecular weight excluding hydrogens is 326 g/mol. The van der Waals surface area contributed by atoms with E-state index in [-0.39, 0.29) is 0 Å². The number of halogens is 2. The first-order valence-corrected chi connectivity index (χ1v) is 8.18. The molecule has 2 nitrogen and oxygen atoms in total. The largest absolute Gasteiger partial charge is 0.345 e. The first-order valence-electron chi connectivity index (χ1n) is 7.36. The van der Waals surface area contributed by atoms with Crippen LogP contribution in [0.5, 0.6) is 0 Å². The third kappa shape index (κ3) is 2.78. The number of aromatic amines is 1. The summed E-state index contributed by atoms with van der Waals surface area (Å²) in [7, 11) is 0. The zero-order valence-electron chi connectivity index (χ0n) is 12.5. The lowest BCUT2D eigenvalue weighted by atomic mass is 10.0. The van der Waals surface area contributed by atoms with Gasteiger partial charge in [-0.25, -0.2) is 13.8 Å². The summed E-state index contributed by atoms with van der Waals surface area (Å²) in [6, 6.07) is 15.3. The lowest BCUT2D eigenvalue weighted by molar-refractivity contribution is 0.584. The van der Waals surface area contributed by atoms with Crippen LogP contribution in [0, 0.1) is 11.6 Å². The summed E-state index contributed by atoms with van der Waals surface area (Å²) in [6.45, 7) is 0. The lowest BCUT2D eigenvalue weighted by Gasteiger charge is -2.07. The molecular formula is C19H12F2N2S. The minimum absolute atomic E-state index is 0.495. The number of pyridine rings is 1. The van der Waals surface area contributed by atoms with Crippen LogP contribution >= 0.6 is 11.8 Å². The molecule has 118 valence electrons. The van der Waals surface area contributed by atoms with Gasteiger partial charge in [-0.05, 0) is 41.5 Å². The van der Waals surface area contributed by atoms with Crippen molar-refractivity contribution in [2.24, 2.45) is 0 Å². The van der Waals surface area contributed by atoms with E-state index in [1.54, 1.807) is 24.0 Å². The van der Waals surface area contributed by atoms with E-state index in [1.807, 2.05) is 36.5 Å². The fourth-order valence-electron chi connectivity index (χ4n) is 2.67. The second kappa shape index (κ2) is 6.09. The Labute approximate surface area is 141 Å². The third-order valence-electron chi connectivity index (χ3n) is 3.68. The van der Waals surface area contributed by atoms with Crippen LogP contribution in [-0.2, 0) is 0 Å². The topological polar surface area (TPSA) is 28.7 Å². The van der Waals surface area contributed by atoms with Crippen molar-refractivity contribution >= 4 is 22.8 Å². The number of benzene rings is 2. The van der Waals surface area contributed by atoms with E-state index in [1.165, 1.54) is 12.1 Å². The average molecular weight is 338 g/mol. The predicted molar refractivity (Wildman–Crippen MR) is 92.0 cm³/mol. The number of hydrogen-bond acceptors (Lipinski definition) is 2. The molecule has 0 aliphatic rings. The Kier molecular flexibility index (Phi) is 3.78. The second-order valence-corrected chi connectivity index (χ2v) is 6.42. The van der Waals surface area contributed by atoms with Crippen LogP contribution in [0.2, 0.25) is 0 Å². The van der Waals surface area contributed by atoms with Crippen LogP contribution in [0.4, 0.5) is 8.78 Å². The standard InChI is InChI=1S/C19H12F2N2S/c20-13-8-12(9-14(21)10-13)16-6-7-22-19-18(16)17(11-23-19)24-15-4-2-1-3-5-15/h1-11H,(H,22,23). The van der Waals surface area contributed by atoms with Gasteiger partial charge in [0.05, 0.1) is 0 Å². The Hall–Kier alpha value is -2.66. The summed E-state index contributed by atoms with van der Waals surface area (Å²) in [5.74, 6) is -1.19. The Morgan fingerprint density at radius 1 is 0.917 bits per heavy atom. The van der Waals surface area contributed by atoms with Crippen LogP contribution in [0.1, 0.15) is 0 Å². The van der Waals surface area contributed by atoms with Crippen molar-refractivity contribution in [2.45, 2.75) is 9.79 Å². The van der Waals surface area contributed by atoms with Gasteiger partial charge in [-0.3, -0.25) is 0 Å². The molecule has 0 saturated heterocycles. The summed E-state index contributed by atoms with van der Waals surface area (Å²) in [6.07, 6.45) is 3.50. The molecule has 2 aromatic heterocycles. The summed E-state index contributed by atoms with van der Waals surface area (Å²) in [5, 5.41) is 0.858. The highest BCUT2D eigenvalue weighted by molar-refractivity contribution is 7.99. The zero-order chi connectivity index (χ0) is 16.5. The molecule has 5 heteroatoms. The van der Waals surface area contributed by atoms with E-state index in [2.05, 4.69) is 9.97 Å². The van der Waals surface area contributed by atoms with Gasteiger partial charge in [-0.2, -0.15) is 0 Å². The molecule has 0 atom stereocenters. The lowest BCUT2D eigenvalue weighted by Crippen LogP contribution is -1.87. The van der Waals surface area contributed by atoms with E-state index < -0.39 is 11.6 Å². The number of H-pyrrole nitrogens is 1. The van der Waals surface area contributed by atoms with E-state index in [0.717, 1.165) is 26.8 Å². The Morgan fingerprint density at radius 2 is 1.67 bits per heavy atom. The van der Waals surface area contributed by atoms with Crippen LogP contribution in [0.25, 0.3) is 22.2 Å². The van der Waals surface area contributed by atoms with Gasteiger partial charge in [-0.1, -0.05) is 30.0 Å². The summed E-state index contributed by atoms with van der Waals surface area (Å²) in [5.41, 5.74) is 1.93. The third-order valence-corrected chi connectivity index (χ3v) is 4.73. The second-order valence-electron chi connectivity index (χ2n) is 5.31. The Bertz CT molecular complexity index is 992. The SMILES string of the molecule is Fc1cc(F)cc(-c2ccnc3[nH]cc(Sc4ccccc4)c23)c1. The number of rotatable bonds is 3. The average Bonchev–Trinajstić information content (AvgIpc) is 2.98. The smallest absolute Gasteiger partial charge is 0.139 e. The van der Waals surface area contributed by atoms with Crippen LogP contribution < -0.4 is 0 Å². The molecule has 1 N–H and O–H groups in total. The molecule has 24 heavy (non-hydrogen) atoms. The highest BCUT2D eigenvalue weighted by atomic mass is 32.2. The van der Waals surface area contributed by atoms with Gasteiger partial charge in [0.25, 0.3) is 0 Å². The van der Waals surface area contributed by atoms with Crippen molar-refractivity contribution in [3.63, 3.8) is 0 Å². The molecule has 2 heterocycles. The highest BCUT2D eigenvalue weighted by Gasteiger charge is 2.13. The summed E-state index contributed by atoms with van der Waals surface area (Å²) >= 11 is 1.58. The summed E-state index contributed by atoms with van der Waals surface area (Å²) in [4.78, 5) is 9.49. The van der Waals surface area contributed by atoms with Gasteiger partial charge in [0.2, 0.25) is 0 Å². The summed E-state index contributed by atoms with van der Waals surface area (Å²) < 4.78 is 27.2. The van der Waals surface area contributed by atoms with Gasteiger partial charge in [0.1, 0.15) is 17.3 Å². The molecule has 0 fully saturated rings. The molecule has 0 aliphatic heterocycles. The van der Waals surface area contributed by atoms with Gasteiger partial charge in [0, 0.05) is 33.6 Å². The molecule has 0 saturated carbocycles. The quantitative estimate of drug-likeness (QED) is 0.522. The van der Waals surface area contributed by atoms with Crippen molar-refractivity contribution in [3.8, 4) is 11.1 Å².